The van der Waals surface area contributed by atoms with E-state index in [1.54, 1.807) is 6.92 Å². The summed E-state index contributed by atoms with van der Waals surface area (Å²) >= 11 is 0. The van der Waals surface area contributed by atoms with Crippen LogP contribution >= 0.6 is 0 Å². The number of carbonyl (C=O) groups is 1. The summed E-state index contributed by atoms with van der Waals surface area (Å²) < 4.78 is 6.24. The first-order valence-electron chi connectivity index (χ1n) is 4.05. The predicted molar refractivity (Wildman–Crippen MR) is 45.0 cm³/mol. The number of hydrogen-bond donors (Lipinski definition) is 1. The second-order valence-corrected chi connectivity index (χ2v) is 2.38. The van der Waals surface area contributed by atoms with E-state index < -0.39 is 5.97 Å². The van der Waals surface area contributed by atoms with E-state index in [-0.39, 0.29) is 5.69 Å². The van der Waals surface area contributed by atoms with E-state index >= 15 is 0 Å². The van der Waals surface area contributed by atoms with Crippen LogP contribution in [0.2, 0.25) is 0 Å². The van der Waals surface area contributed by atoms with Crippen LogP contribution in [0, 0.1) is 0 Å². The van der Waals surface area contributed by atoms with E-state index in [4.69, 9.17) is 10.5 Å². The Morgan fingerprint density at radius 1 is 1.77 bits per heavy atom. The average Bonchev–Trinajstić information content (AvgIpc) is 2.54. The minimum atomic E-state index is -0.453. The summed E-state index contributed by atoms with van der Waals surface area (Å²) in [6.07, 6.45) is 1.52. The van der Waals surface area contributed by atoms with Gasteiger partial charge in [0.25, 0.3) is 0 Å². The molecule has 1 heterocycles. The van der Waals surface area contributed by atoms with Crippen LogP contribution in [0.1, 0.15) is 17.4 Å². The molecule has 0 unspecified atom stereocenters. The number of hydrogen-bond acceptors (Lipinski definition) is 5. The SMILES string of the molecule is CCOC(=O)c1cn(CCN)nn1. The summed E-state index contributed by atoms with van der Waals surface area (Å²) in [7, 11) is 0. The van der Waals surface area contributed by atoms with E-state index in [9.17, 15) is 4.79 Å². The maximum absolute atomic E-state index is 11.1. The van der Waals surface area contributed by atoms with Crippen molar-refractivity contribution in [2.75, 3.05) is 13.2 Å². The molecule has 0 fully saturated rings. The van der Waals surface area contributed by atoms with E-state index in [1.807, 2.05) is 0 Å². The van der Waals surface area contributed by atoms with Crippen LogP contribution in [0.5, 0.6) is 0 Å². The molecule has 0 bridgehead atoms. The molecule has 0 saturated carbocycles. The molecule has 0 spiro atoms. The largest absolute Gasteiger partial charge is 0.461 e. The van der Waals surface area contributed by atoms with E-state index in [0.29, 0.717) is 19.7 Å². The Balaban J connectivity index is 2.62. The molecule has 72 valence electrons. The second-order valence-electron chi connectivity index (χ2n) is 2.38. The lowest BCUT2D eigenvalue weighted by Crippen LogP contribution is -2.10. The first-order valence-corrected chi connectivity index (χ1v) is 4.05. The smallest absolute Gasteiger partial charge is 0.360 e. The van der Waals surface area contributed by atoms with Gasteiger partial charge in [-0.1, -0.05) is 5.21 Å². The van der Waals surface area contributed by atoms with Gasteiger partial charge in [-0.25, -0.2) is 4.79 Å². The molecular weight excluding hydrogens is 172 g/mol. The third-order valence-corrected chi connectivity index (χ3v) is 1.38. The minimum absolute atomic E-state index is 0.218. The number of rotatable bonds is 4. The van der Waals surface area contributed by atoms with Crippen LogP contribution in [-0.4, -0.2) is 34.1 Å². The van der Waals surface area contributed by atoms with Crippen LogP contribution in [0.4, 0.5) is 0 Å². The van der Waals surface area contributed by atoms with Crippen molar-refractivity contribution in [3.8, 4) is 0 Å². The third-order valence-electron chi connectivity index (χ3n) is 1.38. The number of carbonyl (C=O) groups excluding carboxylic acids is 1. The van der Waals surface area contributed by atoms with Crippen molar-refractivity contribution < 1.29 is 9.53 Å². The van der Waals surface area contributed by atoms with Crippen molar-refractivity contribution in [1.82, 2.24) is 15.0 Å². The second kappa shape index (κ2) is 4.56. The lowest BCUT2D eigenvalue weighted by atomic mass is 10.5. The monoisotopic (exact) mass is 184 g/mol. The molecule has 0 saturated heterocycles. The fourth-order valence-electron chi connectivity index (χ4n) is 0.839. The van der Waals surface area contributed by atoms with Gasteiger partial charge in [-0.05, 0) is 6.92 Å². The number of ether oxygens (including phenoxy) is 1. The Bertz CT molecular complexity index is 284. The molecule has 1 aromatic heterocycles. The fourth-order valence-corrected chi connectivity index (χ4v) is 0.839. The van der Waals surface area contributed by atoms with Gasteiger partial charge in [0.15, 0.2) is 5.69 Å². The standard InChI is InChI=1S/C7H12N4O2/c1-2-13-7(12)6-5-11(4-3-8)10-9-6/h5H,2-4,8H2,1H3. The van der Waals surface area contributed by atoms with Gasteiger partial charge in [0.1, 0.15) is 0 Å². The van der Waals surface area contributed by atoms with E-state index in [1.165, 1.54) is 10.9 Å². The summed E-state index contributed by atoms with van der Waals surface area (Å²) in [5.41, 5.74) is 5.52. The molecule has 13 heavy (non-hydrogen) atoms. The molecule has 6 heteroatoms. The van der Waals surface area contributed by atoms with Gasteiger partial charge in [-0.3, -0.25) is 4.68 Å². The molecule has 0 aliphatic heterocycles. The van der Waals surface area contributed by atoms with Gasteiger partial charge in [0, 0.05) is 6.54 Å². The van der Waals surface area contributed by atoms with Gasteiger partial charge in [-0.2, -0.15) is 0 Å². The molecular formula is C7H12N4O2. The van der Waals surface area contributed by atoms with Crippen molar-refractivity contribution in [2.45, 2.75) is 13.5 Å². The lowest BCUT2D eigenvalue weighted by Gasteiger charge is -1.95. The van der Waals surface area contributed by atoms with Crippen molar-refractivity contribution in [3.05, 3.63) is 11.9 Å². The minimum Gasteiger partial charge on any atom is -0.461 e. The molecule has 0 amide bonds. The third kappa shape index (κ3) is 2.51. The predicted octanol–water partition coefficient (Wildman–Crippen LogP) is -0.587. The Morgan fingerprint density at radius 3 is 3.15 bits per heavy atom. The molecule has 0 atom stereocenters. The summed E-state index contributed by atoms with van der Waals surface area (Å²) in [5, 5.41) is 7.33. The number of aromatic nitrogens is 3. The van der Waals surface area contributed by atoms with E-state index in [2.05, 4.69) is 10.3 Å². The molecule has 0 aromatic carbocycles. The van der Waals surface area contributed by atoms with Gasteiger partial charge >= 0.3 is 5.97 Å². The zero-order chi connectivity index (χ0) is 9.68. The Hall–Kier alpha value is -1.43. The molecule has 6 nitrogen and oxygen atoms in total. The number of esters is 1. The summed E-state index contributed by atoms with van der Waals surface area (Å²) in [5.74, 6) is -0.453. The molecule has 0 aliphatic rings. The topological polar surface area (TPSA) is 83.0 Å². The normalized spacial score (nSPS) is 10.0. The first kappa shape index (κ1) is 9.66. The van der Waals surface area contributed by atoms with E-state index in [0.717, 1.165) is 0 Å². The lowest BCUT2D eigenvalue weighted by molar-refractivity contribution is 0.0519. The fraction of sp³-hybridized carbons (Fsp3) is 0.571. The number of nitrogens with two attached hydrogens (primary N) is 1. The maximum Gasteiger partial charge on any atom is 0.360 e. The molecule has 0 aliphatic carbocycles. The molecule has 0 radical (unpaired) electrons. The molecule has 1 rings (SSSR count). The van der Waals surface area contributed by atoms with Crippen molar-refractivity contribution in [3.63, 3.8) is 0 Å². The highest BCUT2D eigenvalue weighted by atomic mass is 16.5. The Labute approximate surface area is 75.7 Å². The highest BCUT2D eigenvalue weighted by molar-refractivity contribution is 5.86. The van der Waals surface area contributed by atoms with Crippen LogP contribution in [0.15, 0.2) is 6.20 Å². The summed E-state index contributed by atoms with van der Waals surface area (Å²) in [6, 6.07) is 0. The van der Waals surface area contributed by atoms with Gasteiger partial charge in [0.2, 0.25) is 0 Å². The van der Waals surface area contributed by atoms with Gasteiger partial charge in [-0.15, -0.1) is 5.10 Å². The molecule has 2 N–H and O–H groups in total. The van der Waals surface area contributed by atoms with Crippen molar-refractivity contribution in [1.29, 1.82) is 0 Å². The molecule has 1 aromatic rings. The quantitative estimate of drug-likeness (QED) is 0.632. The maximum atomic E-state index is 11.1. The van der Waals surface area contributed by atoms with Crippen LogP contribution in [0.25, 0.3) is 0 Å². The van der Waals surface area contributed by atoms with Crippen molar-refractivity contribution in [2.24, 2.45) is 5.73 Å². The number of nitrogens with zero attached hydrogens (tertiary/aromatic N) is 3. The average molecular weight is 184 g/mol. The van der Waals surface area contributed by atoms with Crippen molar-refractivity contribution >= 4 is 5.97 Å². The van der Waals surface area contributed by atoms with Crippen LogP contribution < -0.4 is 5.73 Å². The highest BCUT2D eigenvalue weighted by Crippen LogP contribution is 1.95. The van der Waals surface area contributed by atoms with Crippen LogP contribution in [-0.2, 0) is 11.3 Å². The first-order chi connectivity index (χ1) is 6.27. The zero-order valence-corrected chi connectivity index (χ0v) is 7.43. The highest BCUT2D eigenvalue weighted by Gasteiger charge is 2.10. The van der Waals surface area contributed by atoms with Gasteiger partial charge < -0.3 is 10.5 Å². The van der Waals surface area contributed by atoms with Gasteiger partial charge in [0.05, 0.1) is 19.3 Å². The summed E-state index contributed by atoms with van der Waals surface area (Å²) in [4.78, 5) is 11.1. The Morgan fingerprint density at radius 2 is 2.54 bits per heavy atom. The van der Waals surface area contributed by atoms with Crippen LogP contribution in [0.3, 0.4) is 0 Å². The summed E-state index contributed by atoms with van der Waals surface area (Å²) in [6.45, 7) is 3.09. The zero-order valence-electron chi connectivity index (χ0n) is 7.43. The Kier molecular flexibility index (Phi) is 3.39.